The summed E-state index contributed by atoms with van der Waals surface area (Å²) in [5.41, 5.74) is 3.54. The van der Waals surface area contributed by atoms with Gasteiger partial charge in [-0.3, -0.25) is 9.69 Å². The van der Waals surface area contributed by atoms with Crippen LogP contribution in [0.1, 0.15) is 11.1 Å². The van der Waals surface area contributed by atoms with E-state index >= 15 is 0 Å². The molecule has 0 aromatic heterocycles. The predicted octanol–water partition coefficient (Wildman–Crippen LogP) is 3.09. The molecule has 0 saturated carbocycles. The maximum Gasteiger partial charge on any atom is 0.234 e. The molecule has 1 aliphatic heterocycles. The number of aryl methyl sites for hydroxylation is 1. The van der Waals surface area contributed by atoms with Gasteiger partial charge in [-0.25, -0.2) is 0 Å². The van der Waals surface area contributed by atoms with Crippen LogP contribution in [0.4, 0.5) is 5.69 Å². The predicted molar refractivity (Wildman–Crippen MR) is 103 cm³/mol. The van der Waals surface area contributed by atoms with Crippen LogP contribution in [-0.4, -0.2) is 43.5 Å². The molecule has 1 N–H and O–H groups in total. The first kappa shape index (κ1) is 17.8. The van der Waals surface area contributed by atoms with Crippen molar-refractivity contribution < 1.29 is 4.79 Å². The third kappa shape index (κ3) is 4.74. The first-order chi connectivity index (χ1) is 12.1. The lowest BCUT2D eigenvalue weighted by molar-refractivity contribution is -0.122. The van der Waals surface area contributed by atoms with E-state index in [1.54, 1.807) is 0 Å². The van der Waals surface area contributed by atoms with E-state index in [9.17, 15) is 4.79 Å². The number of rotatable bonds is 5. The maximum absolute atomic E-state index is 12.2. The molecule has 0 atom stereocenters. The van der Waals surface area contributed by atoms with E-state index in [1.807, 2.05) is 24.3 Å². The standard InChI is InChI=1S/C20H24ClN3O/c1-16-6-2-5-9-19(16)24-12-10-23(11-13-24)15-20(25)22-14-17-7-3-4-8-18(17)21/h2-9H,10-15H2,1H3,(H,22,25). The van der Waals surface area contributed by atoms with Crippen molar-refractivity contribution >= 4 is 23.2 Å². The molecular weight excluding hydrogens is 334 g/mol. The SMILES string of the molecule is Cc1ccccc1N1CCN(CC(=O)NCc2ccccc2Cl)CC1. The van der Waals surface area contributed by atoms with Crippen LogP contribution in [0.3, 0.4) is 0 Å². The molecule has 1 amide bonds. The van der Waals surface area contributed by atoms with Crippen molar-refractivity contribution in [3.63, 3.8) is 0 Å². The number of halogens is 1. The number of piperazine rings is 1. The number of carbonyl (C=O) groups excluding carboxylic acids is 1. The van der Waals surface area contributed by atoms with E-state index in [-0.39, 0.29) is 5.91 Å². The van der Waals surface area contributed by atoms with Gasteiger partial charge in [-0.2, -0.15) is 0 Å². The molecule has 1 saturated heterocycles. The topological polar surface area (TPSA) is 35.6 Å². The Balaban J connectivity index is 1.45. The molecular formula is C20H24ClN3O. The minimum Gasteiger partial charge on any atom is -0.369 e. The van der Waals surface area contributed by atoms with Crippen LogP contribution in [0.5, 0.6) is 0 Å². The van der Waals surface area contributed by atoms with Crippen molar-refractivity contribution in [3.05, 3.63) is 64.7 Å². The molecule has 132 valence electrons. The summed E-state index contributed by atoms with van der Waals surface area (Å²) in [6.45, 7) is 6.74. The largest absolute Gasteiger partial charge is 0.369 e. The van der Waals surface area contributed by atoms with E-state index in [0.717, 1.165) is 31.7 Å². The van der Waals surface area contributed by atoms with Gasteiger partial charge < -0.3 is 10.2 Å². The summed E-state index contributed by atoms with van der Waals surface area (Å²) in [5.74, 6) is 0.0456. The number of nitrogens with zero attached hydrogens (tertiary/aromatic N) is 2. The average Bonchev–Trinajstić information content (AvgIpc) is 2.62. The van der Waals surface area contributed by atoms with Gasteiger partial charge in [-0.1, -0.05) is 48.0 Å². The highest BCUT2D eigenvalue weighted by molar-refractivity contribution is 6.31. The van der Waals surface area contributed by atoms with Gasteiger partial charge in [0, 0.05) is 43.4 Å². The Morgan fingerprint density at radius 2 is 1.72 bits per heavy atom. The molecule has 0 spiro atoms. The Morgan fingerprint density at radius 3 is 2.44 bits per heavy atom. The fourth-order valence-corrected chi connectivity index (χ4v) is 3.36. The minimum atomic E-state index is 0.0456. The van der Waals surface area contributed by atoms with Gasteiger partial charge in [0.1, 0.15) is 0 Å². The lowest BCUT2D eigenvalue weighted by Crippen LogP contribution is -2.49. The number of hydrogen-bond donors (Lipinski definition) is 1. The number of nitrogens with one attached hydrogen (secondary N) is 1. The average molecular weight is 358 g/mol. The van der Waals surface area contributed by atoms with Crippen LogP contribution >= 0.6 is 11.6 Å². The zero-order valence-electron chi connectivity index (χ0n) is 14.5. The summed E-state index contributed by atoms with van der Waals surface area (Å²) in [6, 6.07) is 16.1. The Kier molecular flexibility index (Phi) is 5.95. The van der Waals surface area contributed by atoms with E-state index in [2.05, 4.69) is 46.3 Å². The Hall–Kier alpha value is -2.04. The molecule has 1 aliphatic rings. The van der Waals surface area contributed by atoms with Crippen molar-refractivity contribution in [1.82, 2.24) is 10.2 Å². The van der Waals surface area contributed by atoms with Crippen molar-refractivity contribution in [2.75, 3.05) is 37.6 Å². The van der Waals surface area contributed by atoms with Crippen LogP contribution < -0.4 is 10.2 Å². The number of anilines is 1. The Labute approximate surface area is 154 Å². The molecule has 5 heteroatoms. The first-order valence-electron chi connectivity index (χ1n) is 8.66. The lowest BCUT2D eigenvalue weighted by Gasteiger charge is -2.36. The molecule has 0 bridgehead atoms. The summed E-state index contributed by atoms with van der Waals surface area (Å²) in [7, 11) is 0. The number of amides is 1. The summed E-state index contributed by atoms with van der Waals surface area (Å²) in [4.78, 5) is 16.8. The monoisotopic (exact) mass is 357 g/mol. The number of benzene rings is 2. The molecule has 1 fully saturated rings. The van der Waals surface area contributed by atoms with E-state index < -0.39 is 0 Å². The normalized spacial score (nSPS) is 15.2. The fourth-order valence-electron chi connectivity index (χ4n) is 3.16. The second kappa shape index (κ2) is 8.37. The molecule has 2 aromatic rings. The molecule has 0 aliphatic carbocycles. The maximum atomic E-state index is 12.2. The van der Waals surface area contributed by atoms with Crippen molar-refractivity contribution in [2.24, 2.45) is 0 Å². The molecule has 25 heavy (non-hydrogen) atoms. The molecule has 0 unspecified atom stereocenters. The van der Waals surface area contributed by atoms with Gasteiger partial charge in [0.2, 0.25) is 5.91 Å². The van der Waals surface area contributed by atoms with Gasteiger partial charge in [-0.05, 0) is 30.2 Å². The molecule has 4 nitrogen and oxygen atoms in total. The molecule has 1 heterocycles. The first-order valence-corrected chi connectivity index (χ1v) is 9.04. The van der Waals surface area contributed by atoms with Crippen molar-refractivity contribution in [1.29, 1.82) is 0 Å². The molecule has 0 radical (unpaired) electrons. The highest BCUT2D eigenvalue weighted by Crippen LogP contribution is 2.20. The second-order valence-corrected chi connectivity index (χ2v) is 6.83. The number of para-hydroxylation sites is 1. The van der Waals surface area contributed by atoms with Crippen LogP contribution in [-0.2, 0) is 11.3 Å². The van der Waals surface area contributed by atoms with Crippen LogP contribution in [0.25, 0.3) is 0 Å². The Morgan fingerprint density at radius 1 is 1.04 bits per heavy atom. The van der Waals surface area contributed by atoms with Crippen molar-refractivity contribution in [3.8, 4) is 0 Å². The number of carbonyl (C=O) groups is 1. The second-order valence-electron chi connectivity index (χ2n) is 6.42. The smallest absolute Gasteiger partial charge is 0.234 e. The summed E-state index contributed by atoms with van der Waals surface area (Å²) in [5, 5.41) is 3.65. The van der Waals surface area contributed by atoms with Crippen molar-refractivity contribution in [2.45, 2.75) is 13.5 Å². The molecule has 3 rings (SSSR count). The van der Waals surface area contributed by atoms with Gasteiger partial charge in [0.15, 0.2) is 0 Å². The quantitative estimate of drug-likeness (QED) is 0.893. The van der Waals surface area contributed by atoms with E-state index in [4.69, 9.17) is 11.6 Å². The highest BCUT2D eigenvalue weighted by atomic mass is 35.5. The zero-order valence-corrected chi connectivity index (χ0v) is 15.3. The number of hydrogen-bond acceptors (Lipinski definition) is 3. The summed E-state index contributed by atoms with van der Waals surface area (Å²) >= 11 is 6.12. The van der Waals surface area contributed by atoms with Gasteiger partial charge in [-0.15, -0.1) is 0 Å². The zero-order chi connectivity index (χ0) is 17.6. The third-order valence-corrected chi connectivity index (χ3v) is 5.00. The van der Waals surface area contributed by atoms with Gasteiger partial charge in [0.05, 0.1) is 6.54 Å². The van der Waals surface area contributed by atoms with Crippen LogP contribution in [0.2, 0.25) is 5.02 Å². The highest BCUT2D eigenvalue weighted by Gasteiger charge is 2.19. The summed E-state index contributed by atoms with van der Waals surface area (Å²) in [6.07, 6.45) is 0. The fraction of sp³-hybridized carbons (Fsp3) is 0.350. The minimum absolute atomic E-state index is 0.0456. The molecule has 2 aromatic carbocycles. The Bertz CT molecular complexity index is 726. The van der Waals surface area contributed by atoms with Gasteiger partial charge in [0.25, 0.3) is 0 Å². The van der Waals surface area contributed by atoms with E-state index in [1.165, 1.54) is 11.3 Å². The van der Waals surface area contributed by atoms with E-state index in [0.29, 0.717) is 18.1 Å². The third-order valence-electron chi connectivity index (χ3n) is 4.63. The lowest BCUT2D eigenvalue weighted by atomic mass is 10.1. The van der Waals surface area contributed by atoms with Crippen LogP contribution in [0, 0.1) is 6.92 Å². The van der Waals surface area contributed by atoms with Crippen LogP contribution in [0.15, 0.2) is 48.5 Å². The van der Waals surface area contributed by atoms with Gasteiger partial charge >= 0.3 is 0 Å². The summed E-state index contributed by atoms with van der Waals surface area (Å²) < 4.78 is 0.